The Kier molecular flexibility index (Phi) is 4.88. The molecule has 0 bridgehead atoms. The third kappa shape index (κ3) is 4.51. The van der Waals surface area contributed by atoms with Crippen LogP contribution in [0, 0.1) is 5.92 Å². The molecule has 0 aromatic heterocycles. The number of hydrogen-bond donors (Lipinski definition) is 1. The van der Waals surface area contributed by atoms with Gasteiger partial charge in [0.05, 0.1) is 12.7 Å². The van der Waals surface area contributed by atoms with Crippen LogP contribution in [0.1, 0.15) is 33.1 Å². The molecule has 0 aromatic rings. The number of carbonyl (C=O) groups is 1. The van der Waals surface area contributed by atoms with E-state index in [4.69, 9.17) is 4.74 Å². The van der Waals surface area contributed by atoms with E-state index in [9.17, 15) is 9.90 Å². The molecule has 1 saturated heterocycles. The van der Waals surface area contributed by atoms with Crippen molar-refractivity contribution in [3.8, 4) is 0 Å². The smallest absolute Gasteiger partial charge is 0.409 e. The Morgan fingerprint density at radius 1 is 1.53 bits per heavy atom. The van der Waals surface area contributed by atoms with E-state index in [2.05, 4.69) is 0 Å². The lowest BCUT2D eigenvalue weighted by molar-refractivity contribution is 0.0720. The molecule has 88 valence electrons. The number of aliphatic hydroxyl groups excluding tert-OH is 1. The van der Waals surface area contributed by atoms with Gasteiger partial charge in [0.15, 0.2) is 0 Å². The first-order valence-corrected chi connectivity index (χ1v) is 5.69. The third-order valence-electron chi connectivity index (χ3n) is 2.44. The number of likely N-dealkylation sites (tertiary alicyclic amines) is 1. The van der Waals surface area contributed by atoms with Crippen molar-refractivity contribution < 1.29 is 14.6 Å². The molecule has 1 heterocycles. The maximum atomic E-state index is 11.6. The molecule has 1 unspecified atom stereocenters. The second-order valence-electron chi connectivity index (χ2n) is 4.57. The highest BCUT2D eigenvalue weighted by molar-refractivity contribution is 5.67. The summed E-state index contributed by atoms with van der Waals surface area (Å²) in [5.41, 5.74) is 0. The highest BCUT2D eigenvalue weighted by atomic mass is 16.6. The molecule has 1 aliphatic heterocycles. The predicted octanol–water partition coefficient (Wildman–Crippen LogP) is 1.63. The fourth-order valence-electron chi connectivity index (χ4n) is 1.61. The minimum Gasteiger partial charge on any atom is -0.449 e. The van der Waals surface area contributed by atoms with E-state index >= 15 is 0 Å². The van der Waals surface area contributed by atoms with Gasteiger partial charge >= 0.3 is 6.09 Å². The number of hydrogen-bond acceptors (Lipinski definition) is 3. The number of carbonyl (C=O) groups excluding carboxylic acids is 1. The van der Waals surface area contributed by atoms with Crippen LogP contribution < -0.4 is 0 Å². The summed E-state index contributed by atoms with van der Waals surface area (Å²) in [6, 6.07) is 0. The number of amides is 1. The molecule has 15 heavy (non-hydrogen) atoms. The molecule has 1 atom stereocenters. The van der Waals surface area contributed by atoms with Gasteiger partial charge in [-0.15, -0.1) is 0 Å². The average Bonchev–Trinajstić information content (AvgIpc) is 2.39. The van der Waals surface area contributed by atoms with Gasteiger partial charge in [0.25, 0.3) is 0 Å². The van der Waals surface area contributed by atoms with E-state index in [-0.39, 0.29) is 12.2 Å². The summed E-state index contributed by atoms with van der Waals surface area (Å²) in [5, 5.41) is 9.54. The molecule has 0 saturated carbocycles. The van der Waals surface area contributed by atoms with Crippen molar-refractivity contribution in [1.82, 2.24) is 4.90 Å². The molecule has 0 radical (unpaired) electrons. The topological polar surface area (TPSA) is 49.8 Å². The Bertz CT molecular complexity index is 206. The molecule has 4 heteroatoms. The van der Waals surface area contributed by atoms with Gasteiger partial charge in [-0.05, 0) is 25.2 Å². The molecule has 1 N–H and O–H groups in total. The monoisotopic (exact) mass is 215 g/mol. The van der Waals surface area contributed by atoms with Crippen LogP contribution in [0.2, 0.25) is 0 Å². The van der Waals surface area contributed by atoms with E-state index in [1.165, 1.54) is 0 Å². The van der Waals surface area contributed by atoms with E-state index in [0.717, 1.165) is 19.3 Å². The van der Waals surface area contributed by atoms with Crippen molar-refractivity contribution in [3.05, 3.63) is 0 Å². The molecule has 4 nitrogen and oxygen atoms in total. The Labute approximate surface area is 91.2 Å². The van der Waals surface area contributed by atoms with Crippen LogP contribution in [0.4, 0.5) is 4.79 Å². The highest BCUT2D eigenvalue weighted by Crippen LogP contribution is 2.11. The summed E-state index contributed by atoms with van der Waals surface area (Å²) in [4.78, 5) is 13.2. The Balaban J connectivity index is 2.36. The van der Waals surface area contributed by atoms with Gasteiger partial charge in [-0.2, -0.15) is 0 Å². The molecule has 0 aromatic carbocycles. The third-order valence-corrected chi connectivity index (χ3v) is 2.44. The zero-order chi connectivity index (χ0) is 11.3. The standard InChI is InChI=1S/C11H21NO3/c1-9(2)8-15-11(14)12-6-4-3-5-10(13)7-12/h9-10,13H,3-8H2,1-2H3. The van der Waals surface area contributed by atoms with Crippen LogP contribution >= 0.6 is 0 Å². The molecule has 1 aliphatic rings. The van der Waals surface area contributed by atoms with Crippen LogP contribution in [-0.2, 0) is 4.74 Å². The van der Waals surface area contributed by atoms with Crippen molar-refractivity contribution in [1.29, 1.82) is 0 Å². The summed E-state index contributed by atoms with van der Waals surface area (Å²) in [6.07, 6.45) is 2.04. The molecular formula is C11H21NO3. The largest absolute Gasteiger partial charge is 0.449 e. The van der Waals surface area contributed by atoms with Crippen molar-refractivity contribution in [3.63, 3.8) is 0 Å². The second-order valence-corrected chi connectivity index (χ2v) is 4.57. The van der Waals surface area contributed by atoms with E-state index in [1.54, 1.807) is 4.90 Å². The van der Waals surface area contributed by atoms with Crippen LogP contribution in [0.25, 0.3) is 0 Å². The minimum atomic E-state index is -0.390. The summed E-state index contributed by atoms with van der Waals surface area (Å²) < 4.78 is 5.12. The summed E-state index contributed by atoms with van der Waals surface area (Å²) in [7, 11) is 0. The zero-order valence-electron chi connectivity index (χ0n) is 9.61. The highest BCUT2D eigenvalue weighted by Gasteiger charge is 2.21. The molecule has 0 aliphatic carbocycles. The number of ether oxygens (including phenoxy) is 1. The fraction of sp³-hybridized carbons (Fsp3) is 0.909. The van der Waals surface area contributed by atoms with Gasteiger partial charge in [-0.3, -0.25) is 0 Å². The van der Waals surface area contributed by atoms with E-state index in [0.29, 0.717) is 25.6 Å². The van der Waals surface area contributed by atoms with Crippen LogP contribution in [0.5, 0.6) is 0 Å². The summed E-state index contributed by atoms with van der Waals surface area (Å²) in [5.74, 6) is 0.353. The average molecular weight is 215 g/mol. The summed E-state index contributed by atoms with van der Waals surface area (Å²) >= 11 is 0. The second kappa shape index (κ2) is 5.95. The summed E-state index contributed by atoms with van der Waals surface area (Å²) in [6.45, 7) is 5.57. The first-order valence-electron chi connectivity index (χ1n) is 5.69. The lowest BCUT2D eigenvalue weighted by Gasteiger charge is -2.22. The Morgan fingerprint density at radius 2 is 2.27 bits per heavy atom. The minimum absolute atomic E-state index is 0.287. The van der Waals surface area contributed by atoms with Crippen molar-refractivity contribution >= 4 is 6.09 Å². The van der Waals surface area contributed by atoms with Gasteiger partial charge in [0.1, 0.15) is 0 Å². The van der Waals surface area contributed by atoms with Gasteiger partial charge in [0.2, 0.25) is 0 Å². The first kappa shape index (κ1) is 12.3. The van der Waals surface area contributed by atoms with Gasteiger partial charge in [-0.1, -0.05) is 13.8 Å². The van der Waals surface area contributed by atoms with Gasteiger partial charge in [0, 0.05) is 13.1 Å². The quantitative estimate of drug-likeness (QED) is 0.761. The molecule has 1 fully saturated rings. The van der Waals surface area contributed by atoms with Crippen LogP contribution in [-0.4, -0.2) is 41.9 Å². The lowest BCUT2D eigenvalue weighted by Crippen LogP contribution is -2.37. The number of nitrogens with zero attached hydrogens (tertiary/aromatic N) is 1. The molecular weight excluding hydrogens is 194 g/mol. The number of aliphatic hydroxyl groups is 1. The number of β-amino-alcohol motifs (C(OH)–C–C–N with tert-alkyl or cyclic N) is 1. The maximum Gasteiger partial charge on any atom is 0.409 e. The molecule has 1 rings (SSSR count). The SMILES string of the molecule is CC(C)COC(=O)N1CCCCC(O)C1. The van der Waals surface area contributed by atoms with Gasteiger partial charge < -0.3 is 14.7 Å². The van der Waals surface area contributed by atoms with Crippen LogP contribution in [0.3, 0.4) is 0 Å². The Morgan fingerprint density at radius 3 is 2.93 bits per heavy atom. The maximum absolute atomic E-state index is 11.6. The van der Waals surface area contributed by atoms with Crippen molar-refractivity contribution in [2.75, 3.05) is 19.7 Å². The zero-order valence-corrected chi connectivity index (χ0v) is 9.61. The Hall–Kier alpha value is -0.770. The van der Waals surface area contributed by atoms with Crippen LogP contribution in [0.15, 0.2) is 0 Å². The van der Waals surface area contributed by atoms with E-state index in [1.807, 2.05) is 13.8 Å². The van der Waals surface area contributed by atoms with E-state index < -0.39 is 0 Å². The first-order chi connectivity index (χ1) is 7.09. The number of rotatable bonds is 2. The normalized spacial score (nSPS) is 22.7. The lowest BCUT2D eigenvalue weighted by atomic mass is 10.2. The predicted molar refractivity (Wildman–Crippen MR) is 57.6 cm³/mol. The van der Waals surface area contributed by atoms with Gasteiger partial charge in [-0.25, -0.2) is 4.79 Å². The molecule has 0 spiro atoms. The van der Waals surface area contributed by atoms with Crippen molar-refractivity contribution in [2.24, 2.45) is 5.92 Å². The van der Waals surface area contributed by atoms with Crippen molar-refractivity contribution in [2.45, 2.75) is 39.2 Å². The fourth-order valence-corrected chi connectivity index (χ4v) is 1.61. The molecule has 1 amide bonds.